The van der Waals surface area contributed by atoms with Crippen LogP contribution < -0.4 is 16.0 Å². The van der Waals surface area contributed by atoms with E-state index in [2.05, 4.69) is 20.2 Å². The molecule has 0 amide bonds. The lowest BCUT2D eigenvalue weighted by atomic mass is 10.1. The van der Waals surface area contributed by atoms with E-state index in [-0.39, 0.29) is 5.78 Å². The molecule has 7 nitrogen and oxygen atoms in total. The Morgan fingerprint density at radius 3 is 2.87 bits per heavy atom. The molecular weight excluding hydrogens is 378 g/mol. The summed E-state index contributed by atoms with van der Waals surface area (Å²) in [4.78, 5) is 23.8. The van der Waals surface area contributed by atoms with Crippen molar-refractivity contribution in [3.05, 3.63) is 60.3 Å². The van der Waals surface area contributed by atoms with E-state index >= 15 is 0 Å². The van der Waals surface area contributed by atoms with E-state index in [0.29, 0.717) is 30.4 Å². The third-order valence-electron chi connectivity index (χ3n) is 4.94. The molecule has 0 radical (unpaired) electrons. The Kier molecular flexibility index (Phi) is 5.90. The van der Waals surface area contributed by atoms with Gasteiger partial charge >= 0.3 is 0 Å². The number of carbonyl (C=O) groups excluding carboxylic acids is 1. The second-order valence-corrected chi connectivity index (χ2v) is 7.18. The summed E-state index contributed by atoms with van der Waals surface area (Å²) >= 11 is 0. The number of nitrogen functional groups attached to an aromatic ring is 1. The highest BCUT2D eigenvalue weighted by Gasteiger charge is 2.15. The smallest absolute Gasteiger partial charge is 0.227 e. The zero-order valence-corrected chi connectivity index (χ0v) is 17.0. The number of carbonyl (C=O) groups is 1. The number of ketones is 1. The molecule has 4 rings (SSSR count). The number of allylic oxidation sites excluding steroid dienone is 2. The van der Waals surface area contributed by atoms with Gasteiger partial charge in [0, 0.05) is 47.3 Å². The number of aromatic nitrogens is 2. The summed E-state index contributed by atoms with van der Waals surface area (Å²) in [6, 6.07) is 11.3. The average Bonchev–Trinajstić information content (AvgIpc) is 2.78. The monoisotopic (exact) mass is 403 g/mol. The maximum Gasteiger partial charge on any atom is 0.227 e. The van der Waals surface area contributed by atoms with Crippen LogP contribution in [0.15, 0.2) is 54.7 Å². The van der Waals surface area contributed by atoms with Crippen LogP contribution >= 0.6 is 0 Å². The number of anilines is 4. The van der Waals surface area contributed by atoms with Crippen molar-refractivity contribution in [3.8, 4) is 0 Å². The van der Waals surface area contributed by atoms with Gasteiger partial charge in [-0.25, -0.2) is 9.97 Å². The fraction of sp³-hybridized carbons (Fsp3) is 0.261. The van der Waals surface area contributed by atoms with E-state index in [4.69, 9.17) is 10.5 Å². The normalized spacial score (nSPS) is 14.4. The van der Waals surface area contributed by atoms with Gasteiger partial charge in [0.05, 0.1) is 18.7 Å². The molecule has 0 unspecified atom stereocenters. The maximum atomic E-state index is 12.6. The Morgan fingerprint density at radius 1 is 1.23 bits per heavy atom. The molecule has 0 saturated carbocycles. The van der Waals surface area contributed by atoms with Gasteiger partial charge in [0.15, 0.2) is 5.78 Å². The zero-order chi connectivity index (χ0) is 20.9. The predicted octanol–water partition coefficient (Wildman–Crippen LogP) is 3.94. The average molecular weight is 403 g/mol. The van der Waals surface area contributed by atoms with Crippen molar-refractivity contribution in [2.45, 2.75) is 13.3 Å². The van der Waals surface area contributed by atoms with Gasteiger partial charge < -0.3 is 20.7 Å². The van der Waals surface area contributed by atoms with Crippen molar-refractivity contribution in [3.63, 3.8) is 0 Å². The van der Waals surface area contributed by atoms with Crippen molar-refractivity contribution in [1.29, 1.82) is 0 Å². The second-order valence-electron chi connectivity index (χ2n) is 7.18. The molecule has 0 bridgehead atoms. The number of nitrogens with zero attached hydrogens (tertiary/aromatic N) is 3. The Labute approximate surface area is 175 Å². The molecule has 0 atom stereocenters. The molecule has 1 fully saturated rings. The van der Waals surface area contributed by atoms with Gasteiger partial charge in [-0.3, -0.25) is 4.79 Å². The van der Waals surface area contributed by atoms with E-state index in [9.17, 15) is 4.79 Å². The zero-order valence-electron chi connectivity index (χ0n) is 17.0. The number of ether oxygens (including phenoxy) is 1. The number of nitrogens with one attached hydrogen (secondary N) is 1. The lowest BCUT2D eigenvalue weighted by Crippen LogP contribution is -2.36. The number of fused-ring (bicyclic) bond motifs is 1. The van der Waals surface area contributed by atoms with Crippen LogP contribution in [0.5, 0.6) is 0 Å². The van der Waals surface area contributed by atoms with Gasteiger partial charge in [0.25, 0.3) is 0 Å². The van der Waals surface area contributed by atoms with Crippen LogP contribution in [0.4, 0.5) is 23.0 Å². The molecule has 154 valence electrons. The van der Waals surface area contributed by atoms with Crippen molar-refractivity contribution in [2.75, 3.05) is 42.3 Å². The third kappa shape index (κ3) is 4.58. The van der Waals surface area contributed by atoms with Crippen LogP contribution in [0.2, 0.25) is 0 Å². The molecular formula is C23H25N5O2. The summed E-state index contributed by atoms with van der Waals surface area (Å²) in [5.74, 6) is 0.443. The molecule has 0 spiro atoms. The van der Waals surface area contributed by atoms with Gasteiger partial charge in [0.2, 0.25) is 5.95 Å². The van der Waals surface area contributed by atoms with Crippen molar-refractivity contribution in [2.24, 2.45) is 0 Å². The first-order valence-corrected chi connectivity index (χ1v) is 10.1. The van der Waals surface area contributed by atoms with E-state index in [0.717, 1.165) is 41.8 Å². The van der Waals surface area contributed by atoms with Crippen LogP contribution in [-0.4, -0.2) is 42.1 Å². The number of benzene rings is 2. The predicted molar refractivity (Wildman–Crippen MR) is 120 cm³/mol. The summed E-state index contributed by atoms with van der Waals surface area (Å²) in [6.07, 6.45) is 6.05. The fourth-order valence-electron chi connectivity index (χ4n) is 3.39. The molecule has 30 heavy (non-hydrogen) atoms. The van der Waals surface area contributed by atoms with Gasteiger partial charge in [-0.2, -0.15) is 0 Å². The van der Waals surface area contributed by atoms with Crippen molar-refractivity contribution < 1.29 is 9.53 Å². The van der Waals surface area contributed by atoms with Gasteiger partial charge in [-0.1, -0.05) is 13.0 Å². The number of nitrogens with two attached hydrogens (primary N) is 1. The summed E-state index contributed by atoms with van der Waals surface area (Å²) in [5, 5.41) is 4.13. The highest BCUT2D eigenvalue weighted by atomic mass is 16.5. The number of rotatable bonds is 6. The van der Waals surface area contributed by atoms with E-state index in [1.807, 2.05) is 49.4 Å². The third-order valence-corrected chi connectivity index (χ3v) is 4.94. The minimum Gasteiger partial charge on any atom is -0.399 e. The maximum absolute atomic E-state index is 12.6. The topological polar surface area (TPSA) is 93.4 Å². The van der Waals surface area contributed by atoms with Gasteiger partial charge in [-0.05, 0) is 48.9 Å². The highest BCUT2D eigenvalue weighted by molar-refractivity contribution is 6.06. The van der Waals surface area contributed by atoms with Gasteiger partial charge in [0.1, 0.15) is 0 Å². The molecule has 2 aromatic carbocycles. The molecule has 1 aliphatic heterocycles. The summed E-state index contributed by atoms with van der Waals surface area (Å²) < 4.78 is 5.46. The van der Waals surface area contributed by atoms with Crippen LogP contribution in [0, 0.1) is 0 Å². The Morgan fingerprint density at radius 2 is 2.07 bits per heavy atom. The van der Waals surface area contributed by atoms with Gasteiger partial charge in [-0.15, -0.1) is 0 Å². The lowest BCUT2D eigenvalue weighted by Gasteiger charge is -2.29. The number of hydrogen-bond acceptors (Lipinski definition) is 7. The Balaban J connectivity index is 1.67. The summed E-state index contributed by atoms with van der Waals surface area (Å²) in [6.45, 7) is 4.93. The Hall–Kier alpha value is -3.45. The summed E-state index contributed by atoms with van der Waals surface area (Å²) in [5.41, 5.74) is 9.67. The molecule has 1 saturated heterocycles. The van der Waals surface area contributed by atoms with Crippen molar-refractivity contribution >= 4 is 39.7 Å². The van der Waals surface area contributed by atoms with E-state index in [1.165, 1.54) is 0 Å². The number of hydrogen-bond donors (Lipinski definition) is 2. The first-order chi connectivity index (χ1) is 14.6. The fourth-order valence-corrected chi connectivity index (χ4v) is 3.39. The highest BCUT2D eigenvalue weighted by Crippen LogP contribution is 2.26. The van der Waals surface area contributed by atoms with Crippen LogP contribution in [0.1, 0.15) is 23.7 Å². The molecule has 2 heterocycles. The molecule has 0 aliphatic carbocycles. The van der Waals surface area contributed by atoms with Crippen LogP contribution in [0.3, 0.4) is 0 Å². The lowest BCUT2D eigenvalue weighted by molar-refractivity contribution is 0.104. The Bertz CT molecular complexity index is 1090. The SMILES string of the molecule is CC/C=C/C(=O)c1cc(Nc2ncc3cc(N)ccc3n2)cc(N2CCOCC2)c1. The minimum atomic E-state index is -0.0232. The quantitative estimate of drug-likeness (QED) is 0.366. The van der Waals surface area contributed by atoms with E-state index in [1.54, 1.807) is 12.3 Å². The molecule has 7 heteroatoms. The van der Waals surface area contributed by atoms with Crippen LogP contribution in [-0.2, 0) is 4.74 Å². The molecule has 1 aliphatic rings. The first-order valence-electron chi connectivity index (χ1n) is 10.1. The standard InChI is InChI=1S/C23H25N5O2/c1-2-3-4-22(29)16-12-19(14-20(13-16)28-7-9-30-10-8-28)26-23-25-15-17-11-18(24)5-6-21(17)27-23/h3-6,11-15H,2,7-10,24H2,1H3,(H,25,26,27)/b4-3+. The molecule has 3 N–H and O–H groups in total. The second kappa shape index (κ2) is 8.92. The van der Waals surface area contributed by atoms with Crippen LogP contribution in [0.25, 0.3) is 10.9 Å². The first kappa shape index (κ1) is 19.8. The largest absolute Gasteiger partial charge is 0.399 e. The number of morpholine rings is 1. The molecule has 3 aromatic rings. The minimum absolute atomic E-state index is 0.0232. The summed E-state index contributed by atoms with van der Waals surface area (Å²) in [7, 11) is 0. The van der Waals surface area contributed by atoms with E-state index < -0.39 is 0 Å². The molecule has 1 aromatic heterocycles. The van der Waals surface area contributed by atoms with Crippen molar-refractivity contribution in [1.82, 2.24) is 9.97 Å².